The van der Waals surface area contributed by atoms with Crippen LogP contribution in [0.2, 0.25) is 0 Å². The van der Waals surface area contributed by atoms with E-state index in [4.69, 9.17) is 0 Å². The lowest BCUT2D eigenvalue weighted by Crippen LogP contribution is -2.13. The van der Waals surface area contributed by atoms with Gasteiger partial charge in [0.1, 0.15) is 17.1 Å². The number of aliphatic imine (C=N–C) groups is 1. The first-order valence-electron chi connectivity index (χ1n) is 7.37. The third-order valence-electron chi connectivity index (χ3n) is 3.38. The molecule has 0 aromatic heterocycles. The molecule has 1 fully saturated rings. The van der Waals surface area contributed by atoms with E-state index >= 15 is 0 Å². The minimum Gasteiger partial charge on any atom is -0.506 e. The first kappa shape index (κ1) is 18.9. The zero-order valence-corrected chi connectivity index (χ0v) is 13.0. The number of hydrogen-bond donors (Lipinski definition) is 1. The maximum atomic E-state index is 14.2. The normalized spacial score (nSPS) is 15.6. The van der Waals surface area contributed by atoms with E-state index in [2.05, 4.69) is 9.73 Å². The summed E-state index contributed by atoms with van der Waals surface area (Å²) in [5.41, 5.74) is -3.55. The minimum atomic E-state index is -3.66. The van der Waals surface area contributed by atoms with Gasteiger partial charge in [-0.1, -0.05) is 0 Å². The summed E-state index contributed by atoms with van der Waals surface area (Å²) in [6.07, 6.45) is -1.24. The van der Waals surface area contributed by atoms with Crippen molar-refractivity contribution in [1.82, 2.24) is 0 Å². The van der Waals surface area contributed by atoms with Gasteiger partial charge in [-0.05, 0) is 25.8 Å². The van der Waals surface area contributed by atoms with Gasteiger partial charge in [0.05, 0.1) is 23.8 Å². The number of ether oxygens (including phenoxy) is 1. The minimum absolute atomic E-state index is 0.0800. The molecule has 1 aromatic rings. The summed E-state index contributed by atoms with van der Waals surface area (Å²) in [5.74, 6) is -7.99. The molecule has 0 atom stereocenters. The van der Waals surface area contributed by atoms with E-state index in [9.17, 15) is 31.9 Å². The summed E-state index contributed by atoms with van der Waals surface area (Å²) in [6, 6.07) is 0.111. The van der Waals surface area contributed by atoms with Crippen LogP contribution in [0.3, 0.4) is 0 Å². The maximum Gasteiger partial charge on any atom is 0.343 e. The van der Waals surface area contributed by atoms with Crippen molar-refractivity contribution < 1.29 is 36.6 Å². The van der Waals surface area contributed by atoms with Gasteiger partial charge in [0.15, 0.2) is 11.6 Å². The summed E-state index contributed by atoms with van der Waals surface area (Å²) < 4.78 is 71.3. The molecule has 1 aliphatic rings. The van der Waals surface area contributed by atoms with Crippen molar-refractivity contribution in [2.24, 2.45) is 4.99 Å². The van der Waals surface area contributed by atoms with Crippen LogP contribution in [0.5, 0.6) is 0 Å². The van der Waals surface area contributed by atoms with E-state index < -0.39 is 52.3 Å². The Hall–Kier alpha value is -2.45. The van der Waals surface area contributed by atoms with Crippen molar-refractivity contribution >= 4 is 17.9 Å². The third-order valence-corrected chi connectivity index (χ3v) is 3.38. The molecule has 25 heavy (non-hydrogen) atoms. The molecule has 0 spiro atoms. The second-order valence-corrected chi connectivity index (χ2v) is 5.24. The smallest absolute Gasteiger partial charge is 0.343 e. The Labute approximate surface area is 139 Å². The molecule has 136 valence electrons. The zero-order chi connectivity index (χ0) is 18.7. The lowest BCUT2D eigenvalue weighted by atomic mass is 10.0. The van der Waals surface area contributed by atoms with Gasteiger partial charge >= 0.3 is 5.97 Å². The Morgan fingerprint density at radius 2 is 2.00 bits per heavy atom. The molecule has 2 rings (SSSR count). The van der Waals surface area contributed by atoms with Crippen LogP contribution in [0, 0.1) is 17.5 Å². The molecule has 1 aromatic carbocycles. The van der Waals surface area contributed by atoms with E-state index in [1.165, 1.54) is 6.92 Å². The fraction of sp³-hybridized carbons (Fsp3) is 0.375. The fourth-order valence-corrected chi connectivity index (χ4v) is 1.96. The summed E-state index contributed by atoms with van der Waals surface area (Å²) in [5, 5.41) is 10.1. The van der Waals surface area contributed by atoms with E-state index in [0.29, 0.717) is 0 Å². The Kier molecular flexibility index (Phi) is 5.76. The highest BCUT2D eigenvalue weighted by molar-refractivity contribution is 6.15. The monoisotopic (exact) mass is 363 g/mol. The average molecular weight is 363 g/mol. The molecular weight excluding hydrogens is 349 g/mol. The summed E-state index contributed by atoms with van der Waals surface area (Å²) in [4.78, 5) is 15.8. The van der Waals surface area contributed by atoms with Crippen LogP contribution in [0.25, 0.3) is 5.76 Å². The van der Waals surface area contributed by atoms with Gasteiger partial charge in [0.2, 0.25) is 0 Å². The van der Waals surface area contributed by atoms with E-state index in [0.717, 1.165) is 19.1 Å². The van der Waals surface area contributed by atoms with E-state index in [1.807, 2.05) is 0 Å². The van der Waals surface area contributed by atoms with Crippen LogP contribution in [-0.2, 0) is 9.53 Å². The molecule has 0 heterocycles. The molecule has 4 nitrogen and oxygen atoms in total. The summed E-state index contributed by atoms with van der Waals surface area (Å²) in [6.45, 7) is 1.38. The van der Waals surface area contributed by atoms with Crippen LogP contribution in [0.15, 0.2) is 16.6 Å². The van der Waals surface area contributed by atoms with Gasteiger partial charge in [0.25, 0.3) is 6.43 Å². The summed E-state index contributed by atoms with van der Waals surface area (Å²) >= 11 is 0. The average Bonchev–Trinajstić information content (AvgIpc) is 3.35. The SMILES string of the molecule is CCOC(=O)C(C=NC1CC1)=C(O)c1cc(F)c(F)c(C(F)F)c1F. The predicted octanol–water partition coefficient (Wildman–Crippen LogP) is 4.11. The molecule has 1 saturated carbocycles. The number of esters is 1. The van der Waals surface area contributed by atoms with Crippen LogP contribution >= 0.6 is 0 Å². The maximum absolute atomic E-state index is 14.2. The van der Waals surface area contributed by atoms with Crippen molar-refractivity contribution in [1.29, 1.82) is 0 Å². The molecule has 0 unspecified atom stereocenters. The number of aliphatic hydroxyl groups is 1. The van der Waals surface area contributed by atoms with Crippen LogP contribution in [0.4, 0.5) is 22.0 Å². The standard InChI is InChI=1S/C16H14F5NO3/c1-2-25-16(24)9(6-22-7-3-4-7)14(23)8-5-10(17)13(19)11(12(8)18)15(20)21/h5-7,15,23H,2-4H2,1H3. The van der Waals surface area contributed by atoms with Crippen LogP contribution < -0.4 is 0 Å². The second-order valence-electron chi connectivity index (χ2n) is 5.24. The molecule has 0 amide bonds. The summed E-state index contributed by atoms with van der Waals surface area (Å²) in [7, 11) is 0. The predicted molar refractivity (Wildman–Crippen MR) is 79.0 cm³/mol. The molecule has 0 saturated heterocycles. The highest BCUT2D eigenvalue weighted by atomic mass is 19.3. The van der Waals surface area contributed by atoms with Crippen molar-refractivity contribution in [3.8, 4) is 0 Å². The van der Waals surface area contributed by atoms with Gasteiger partial charge in [-0.15, -0.1) is 0 Å². The number of nitrogens with zero attached hydrogens (tertiary/aromatic N) is 1. The Balaban J connectivity index is 2.61. The lowest BCUT2D eigenvalue weighted by Gasteiger charge is -2.11. The molecule has 9 heteroatoms. The number of aliphatic hydroxyl groups excluding tert-OH is 1. The van der Waals surface area contributed by atoms with E-state index in [-0.39, 0.29) is 18.7 Å². The number of carbonyl (C=O) groups is 1. The lowest BCUT2D eigenvalue weighted by molar-refractivity contribution is -0.137. The van der Waals surface area contributed by atoms with Crippen molar-refractivity contribution in [3.05, 3.63) is 40.2 Å². The highest BCUT2D eigenvalue weighted by Gasteiger charge is 2.29. The number of rotatable bonds is 6. The molecule has 0 radical (unpaired) electrons. The Morgan fingerprint density at radius 3 is 2.52 bits per heavy atom. The zero-order valence-electron chi connectivity index (χ0n) is 13.0. The largest absolute Gasteiger partial charge is 0.506 e. The van der Waals surface area contributed by atoms with Crippen LogP contribution in [0.1, 0.15) is 37.3 Å². The van der Waals surface area contributed by atoms with Gasteiger partial charge in [-0.2, -0.15) is 0 Å². The third kappa shape index (κ3) is 4.15. The molecular formula is C16H14F5NO3. The van der Waals surface area contributed by atoms with Crippen molar-refractivity contribution in [2.75, 3.05) is 6.61 Å². The quantitative estimate of drug-likeness (QED) is 0.207. The number of alkyl halides is 2. The molecule has 0 aliphatic heterocycles. The molecule has 1 N–H and O–H groups in total. The number of carbonyl (C=O) groups excluding carboxylic acids is 1. The molecule has 1 aliphatic carbocycles. The number of halogens is 5. The van der Waals surface area contributed by atoms with E-state index in [1.54, 1.807) is 0 Å². The van der Waals surface area contributed by atoms with Crippen molar-refractivity contribution in [2.45, 2.75) is 32.2 Å². The first-order chi connectivity index (χ1) is 11.8. The van der Waals surface area contributed by atoms with Gasteiger partial charge in [-0.25, -0.2) is 26.7 Å². The van der Waals surface area contributed by atoms with Gasteiger partial charge in [-0.3, -0.25) is 4.99 Å². The van der Waals surface area contributed by atoms with Crippen LogP contribution in [-0.4, -0.2) is 29.9 Å². The topological polar surface area (TPSA) is 58.9 Å². The number of hydrogen-bond acceptors (Lipinski definition) is 4. The highest BCUT2D eigenvalue weighted by Crippen LogP contribution is 2.32. The Morgan fingerprint density at radius 1 is 1.36 bits per heavy atom. The Bertz CT molecular complexity index is 742. The van der Waals surface area contributed by atoms with Gasteiger partial charge in [0, 0.05) is 6.21 Å². The number of benzene rings is 1. The van der Waals surface area contributed by atoms with Gasteiger partial charge < -0.3 is 9.84 Å². The first-order valence-corrected chi connectivity index (χ1v) is 7.37. The van der Waals surface area contributed by atoms with Crippen molar-refractivity contribution in [3.63, 3.8) is 0 Å². The fourth-order valence-electron chi connectivity index (χ4n) is 1.96. The molecule has 0 bridgehead atoms. The second kappa shape index (κ2) is 7.62.